The molecule has 0 radical (unpaired) electrons. The van der Waals surface area contributed by atoms with Crippen molar-refractivity contribution >= 4 is 45.0 Å². The van der Waals surface area contributed by atoms with Crippen LogP contribution in [-0.4, -0.2) is 0 Å². The molecule has 1 aliphatic rings. The molecule has 0 nitrogen and oxygen atoms in total. The number of hydrogen-bond donors (Lipinski definition) is 0. The second-order valence-electron chi connectivity index (χ2n) is 9.63. The maximum atomic E-state index is 2.46. The van der Waals surface area contributed by atoms with E-state index in [-0.39, 0.29) is 0 Å². The summed E-state index contributed by atoms with van der Waals surface area (Å²) in [4.78, 5) is 2.62. The fourth-order valence-corrected chi connectivity index (χ4v) is 6.78. The van der Waals surface area contributed by atoms with Gasteiger partial charge in [0, 0.05) is 9.75 Å². The summed E-state index contributed by atoms with van der Waals surface area (Å²) in [5.74, 6) is 0. The molecule has 36 heavy (non-hydrogen) atoms. The first-order chi connectivity index (χ1) is 17.8. The summed E-state index contributed by atoms with van der Waals surface area (Å²) in [6.45, 7) is 2.29. The molecule has 0 unspecified atom stereocenters. The van der Waals surface area contributed by atoms with Crippen LogP contribution in [0.1, 0.15) is 18.4 Å². The summed E-state index contributed by atoms with van der Waals surface area (Å²) in [5.41, 5.74) is 6.66. The minimum atomic E-state index is 1.10. The SMILES string of the molecule is Cc1c2c(c(-c3cccc4ccccc34)c3cc(-c4ccc(-c5ccccc5)s4)ccc13)=CCCC=2. The van der Waals surface area contributed by atoms with E-state index in [9.17, 15) is 0 Å². The van der Waals surface area contributed by atoms with Crippen molar-refractivity contribution in [1.82, 2.24) is 0 Å². The zero-order chi connectivity index (χ0) is 24.1. The minimum absolute atomic E-state index is 1.10. The van der Waals surface area contributed by atoms with Crippen LogP contribution in [0.5, 0.6) is 0 Å². The predicted molar refractivity (Wildman–Crippen MR) is 158 cm³/mol. The Hall–Kier alpha value is -3.94. The number of thiophene rings is 1. The number of aryl methyl sites for hydroxylation is 1. The molecule has 1 heterocycles. The molecular formula is C35H26S. The Kier molecular flexibility index (Phi) is 5.11. The Morgan fingerprint density at radius 2 is 1.28 bits per heavy atom. The van der Waals surface area contributed by atoms with Crippen LogP contribution in [0.2, 0.25) is 0 Å². The van der Waals surface area contributed by atoms with E-state index in [1.165, 1.54) is 69.6 Å². The molecule has 6 aromatic rings. The molecule has 0 atom stereocenters. The summed E-state index contributed by atoms with van der Waals surface area (Å²) >= 11 is 1.87. The number of rotatable bonds is 3. The lowest BCUT2D eigenvalue weighted by Crippen LogP contribution is -2.32. The molecule has 1 aliphatic carbocycles. The van der Waals surface area contributed by atoms with Crippen molar-refractivity contribution in [2.75, 3.05) is 0 Å². The van der Waals surface area contributed by atoms with Gasteiger partial charge in [-0.25, -0.2) is 0 Å². The van der Waals surface area contributed by atoms with Crippen LogP contribution in [0.25, 0.3) is 65.7 Å². The maximum Gasteiger partial charge on any atom is 0.0349 e. The number of fused-ring (bicyclic) bond motifs is 3. The highest BCUT2D eigenvalue weighted by atomic mass is 32.1. The lowest BCUT2D eigenvalue weighted by molar-refractivity contribution is 1.11. The van der Waals surface area contributed by atoms with Gasteiger partial charge in [-0.15, -0.1) is 11.3 Å². The third-order valence-corrected chi connectivity index (χ3v) is 8.71. The van der Waals surface area contributed by atoms with Crippen molar-refractivity contribution in [1.29, 1.82) is 0 Å². The average Bonchev–Trinajstić information content (AvgIpc) is 3.44. The van der Waals surface area contributed by atoms with Crippen LogP contribution in [0, 0.1) is 6.92 Å². The first-order valence-electron chi connectivity index (χ1n) is 12.7. The second-order valence-corrected chi connectivity index (χ2v) is 10.7. The zero-order valence-corrected chi connectivity index (χ0v) is 21.1. The summed E-state index contributed by atoms with van der Waals surface area (Å²) in [5, 5.41) is 8.12. The van der Waals surface area contributed by atoms with Gasteiger partial charge < -0.3 is 0 Å². The standard InChI is InChI=1S/C35H26S/c1-23-27-14-7-8-16-30(27)35(31-17-9-13-24-10-5-6-15-29(24)31)32-22-26(18-19-28(23)32)34-21-20-33(36-34)25-11-3-2-4-12-25/h2-6,9-22H,7-8H2,1H3. The van der Waals surface area contributed by atoms with Crippen LogP contribution in [0.4, 0.5) is 0 Å². The summed E-state index contributed by atoms with van der Waals surface area (Å²) < 4.78 is 0. The lowest BCUT2D eigenvalue weighted by Gasteiger charge is -2.17. The largest absolute Gasteiger partial charge is 0.135 e. The topological polar surface area (TPSA) is 0 Å². The third kappa shape index (κ3) is 3.43. The first kappa shape index (κ1) is 21.4. The van der Waals surface area contributed by atoms with Gasteiger partial charge in [-0.1, -0.05) is 97.1 Å². The van der Waals surface area contributed by atoms with E-state index < -0.39 is 0 Å². The van der Waals surface area contributed by atoms with Gasteiger partial charge in [-0.2, -0.15) is 0 Å². The van der Waals surface area contributed by atoms with Crippen LogP contribution >= 0.6 is 11.3 Å². The van der Waals surface area contributed by atoms with Gasteiger partial charge in [0.1, 0.15) is 0 Å². The molecule has 0 amide bonds. The summed E-state index contributed by atoms with van der Waals surface area (Å²) in [6.07, 6.45) is 7.12. The highest BCUT2D eigenvalue weighted by Gasteiger charge is 2.16. The second kappa shape index (κ2) is 8.62. The van der Waals surface area contributed by atoms with E-state index in [1.807, 2.05) is 11.3 Å². The summed E-state index contributed by atoms with van der Waals surface area (Å²) in [6, 6.07) is 37.8. The van der Waals surface area contributed by atoms with Gasteiger partial charge in [-0.3, -0.25) is 0 Å². The normalized spacial score (nSPS) is 12.8. The molecule has 5 aromatic carbocycles. The molecular weight excluding hydrogens is 452 g/mol. The van der Waals surface area contributed by atoms with Gasteiger partial charge >= 0.3 is 0 Å². The van der Waals surface area contributed by atoms with Crippen molar-refractivity contribution in [3.8, 4) is 32.0 Å². The molecule has 1 aromatic heterocycles. The Morgan fingerprint density at radius 3 is 2.14 bits per heavy atom. The zero-order valence-electron chi connectivity index (χ0n) is 20.3. The van der Waals surface area contributed by atoms with Gasteiger partial charge in [0.25, 0.3) is 0 Å². The Bertz CT molecular complexity index is 1880. The van der Waals surface area contributed by atoms with E-state index in [1.54, 1.807) is 0 Å². The molecule has 0 saturated carbocycles. The van der Waals surface area contributed by atoms with E-state index in [0.29, 0.717) is 0 Å². The first-order valence-corrected chi connectivity index (χ1v) is 13.5. The Balaban J connectivity index is 1.53. The maximum absolute atomic E-state index is 2.46. The smallest absolute Gasteiger partial charge is 0.0349 e. The lowest BCUT2D eigenvalue weighted by atomic mass is 9.86. The Morgan fingerprint density at radius 1 is 0.556 bits per heavy atom. The molecule has 0 N–H and O–H groups in total. The number of hydrogen-bond acceptors (Lipinski definition) is 1. The molecule has 1 heteroatoms. The molecule has 7 rings (SSSR count). The molecule has 0 fully saturated rings. The molecule has 0 aliphatic heterocycles. The van der Waals surface area contributed by atoms with E-state index in [0.717, 1.165) is 12.8 Å². The number of benzene rings is 5. The summed E-state index contributed by atoms with van der Waals surface area (Å²) in [7, 11) is 0. The van der Waals surface area contributed by atoms with Gasteiger partial charge in [0.05, 0.1) is 0 Å². The van der Waals surface area contributed by atoms with Gasteiger partial charge in [0.2, 0.25) is 0 Å². The van der Waals surface area contributed by atoms with Crippen LogP contribution in [0.15, 0.2) is 103 Å². The van der Waals surface area contributed by atoms with Crippen molar-refractivity contribution < 1.29 is 0 Å². The Labute approximate surface area is 215 Å². The van der Waals surface area contributed by atoms with Crippen molar-refractivity contribution in [2.45, 2.75) is 19.8 Å². The van der Waals surface area contributed by atoms with E-state index in [2.05, 4.69) is 122 Å². The van der Waals surface area contributed by atoms with Gasteiger partial charge in [0.15, 0.2) is 0 Å². The quantitative estimate of drug-likeness (QED) is 0.239. The van der Waals surface area contributed by atoms with Crippen LogP contribution < -0.4 is 10.4 Å². The molecule has 172 valence electrons. The van der Waals surface area contributed by atoms with E-state index in [4.69, 9.17) is 0 Å². The average molecular weight is 479 g/mol. The van der Waals surface area contributed by atoms with Crippen molar-refractivity contribution in [3.05, 3.63) is 119 Å². The minimum Gasteiger partial charge on any atom is -0.135 e. The monoisotopic (exact) mass is 478 g/mol. The van der Waals surface area contributed by atoms with E-state index >= 15 is 0 Å². The van der Waals surface area contributed by atoms with Crippen molar-refractivity contribution in [3.63, 3.8) is 0 Å². The van der Waals surface area contributed by atoms with Crippen LogP contribution in [-0.2, 0) is 0 Å². The highest BCUT2D eigenvalue weighted by Crippen LogP contribution is 2.38. The van der Waals surface area contributed by atoms with Crippen LogP contribution in [0.3, 0.4) is 0 Å². The molecule has 0 spiro atoms. The third-order valence-electron chi connectivity index (χ3n) is 7.53. The predicted octanol–water partition coefficient (Wildman–Crippen LogP) is 8.72. The van der Waals surface area contributed by atoms with Gasteiger partial charge in [-0.05, 0) is 97.8 Å². The fraction of sp³-hybridized carbons (Fsp3) is 0.0857. The molecule has 0 bridgehead atoms. The molecule has 0 saturated heterocycles. The highest BCUT2D eigenvalue weighted by molar-refractivity contribution is 7.18. The fourth-order valence-electron chi connectivity index (χ4n) is 5.77. The van der Waals surface area contributed by atoms with Crippen molar-refractivity contribution in [2.24, 2.45) is 0 Å².